The third-order valence-electron chi connectivity index (χ3n) is 3.41. The van der Waals surface area contributed by atoms with Gasteiger partial charge in [0.15, 0.2) is 5.96 Å². The fraction of sp³-hybridized carbons (Fsp3) is 0.500. The van der Waals surface area contributed by atoms with Gasteiger partial charge in [0.1, 0.15) is 5.75 Å². The SMILES string of the molecule is COc1ccccc1NC(N)=NCCC1CCC1. The molecule has 0 spiro atoms. The van der Waals surface area contributed by atoms with E-state index in [0.717, 1.165) is 30.3 Å². The fourth-order valence-corrected chi connectivity index (χ4v) is 2.07. The van der Waals surface area contributed by atoms with E-state index in [2.05, 4.69) is 10.3 Å². The highest BCUT2D eigenvalue weighted by Gasteiger charge is 2.16. The number of methoxy groups -OCH3 is 1. The largest absolute Gasteiger partial charge is 0.495 e. The first-order valence-electron chi connectivity index (χ1n) is 6.49. The molecule has 0 atom stereocenters. The van der Waals surface area contributed by atoms with Crippen molar-refractivity contribution in [1.82, 2.24) is 0 Å². The minimum atomic E-state index is 0.457. The van der Waals surface area contributed by atoms with Crippen molar-refractivity contribution in [3.63, 3.8) is 0 Å². The molecule has 3 N–H and O–H groups in total. The third kappa shape index (κ3) is 3.39. The van der Waals surface area contributed by atoms with Gasteiger partial charge >= 0.3 is 0 Å². The summed E-state index contributed by atoms with van der Waals surface area (Å²) in [5.74, 6) is 2.10. The van der Waals surface area contributed by atoms with Crippen LogP contribution in [0, 0.1) is 5.92 Å². The van der Waals surface area contributed by atoms with Gasteiger partial charge in [-0.15, -0.1) is 0 Å². The number of aliphatic imine (C=N–C) groups is 1. The van der Waals surface area contributed by atoms with Crippen LogP contribution in [0.4, 0.5) is 5.69 Å². The first kappa shape index (κ1) is 12.7. The Morgan fingerprint density at radius 3 is 2.89 bits per heavy atom. The monoisotopic (exact) mass is 247 g/mol. The highest BCUT2D eigenvalue weighted by molar-refractivity contribution is 5.93. The zero-order valence-corrected chi connectivity index (χ0v) is 10.9. The molecular formula is C14H21N3O. The van der Waals surface area contributed by atoms with Gasteiger partial charge in [-0.25, -0.2) is 0 Å². The van der Waals surface area contributed by atoms with Crippen molar-refractivity contribution in [2.24, 2.45) is 16.6 Å². The van der Waals surface area contributed by atoms with Gasteiger partial charge in [-0.3, -0.25) is 4.99 Å². The molecule has 1 saturated carbocycles. The van der Waals surface area contributed by atoms with E-state index in [0.29, 0.717) is 5.96 Å². The Hall–Kier alpha value is -1.71. The molecule has 98 valence electrons. The second kappa shape index (κ2) is 6.28. The molecule has 1 aromatic rings. The number of anilines is 1. The van der Waals surface area contributed by atoms with Crippen molar-refractivity contribution in [3.8, 4) is 5.75 Å². The van der Waals surface area contributed by atoms with Crippen molar-refractivity contribution in [3.05, 3.63) is 24.3 Å². The molecule has 0 aliphatic heterocycles. The minimum Gasteiger partial charge on any atom is -0.495 e. The topological polar surface area (TPSA) is 59.6 Å². The summed E-state index contributed by atoms with van der Waals surface area (Å²) in [6, 6.07) is 7.68. The van der Waals surface area contributed by atoms with Gasteiger partial charge in [-0.05, 0) is 24.5 Å². The van der Waals surface area contributed by atoms with Gasteiger partial charge in [0, 0.05) is 6.54 Å². The Bertz CT molecular complexity index is 413. The molecule has 1 aromatic carbocycles. The van der Waals surface area contributed by atoms with Crippen molar-refractivity contribution in [2.45, 2.75) is 25.7 Å². The maximum Gasteiger partial charge on any atom is 0.193 e. The number of ether oxygens (including phenoxy) is 1. The molecule has 1 aliphatic rings. The lowest BCUT2D eigenvalue weighted by atomic mass is 9.83. The highest BCUT2D eigenvalue weighted by atomic mass is 16.5. The molecule has 0 heterocycles. The van der Waals surface area contributed by atoms with Gasteiger partial charge in [0.2, 0.25) is 0 Å². The lowest BCUT2D eigenvalue weighted by Crippen LogP contribution is -2.23. The van der Waals surface area contributed by atoms with E-state index in [-0.39, 0.29) is 0 Å². The van der Waals surface area contributed by atoms with Crippen molar-refractivity contribution >= 4 is 11.6 Å². The molecular weight excluding hydrogens is 226 g/mol. The van der Waals surface area contributed by atoms with E-state index >= 15 is 0 Å². The van der Waals surface area contributed by atoms with E-state index in [1.54, 1.807) is 7.11 Å². The average molecular weight is 247 g/mol. The van der Waals surface area contributed by atoms with Crippen LogP contribution < -0.4 is 15.8 Å². The van der Waals surface area contributed by atoms with Crippen LogP contribution in [0.1, 0.15) is 25.7 Å². The van der Waals surface area contributed by atoms with Crippen molar-refractivity contribution < 1.29 is 4.74 Å². The Kier molecular flexibility index (Phi) is 4.45. The van der Waals surface area contributed by atoms with E-state index in [4.69, 9.17) is 10.5 Å². The number of rotatable bonds is 5. The molecule has 0 aromatic heterocycles. The molecule has 1 aliphatic carbocycles. The molecule has 2 rings (SSSR count). The predicted molar refractivity (Wildman–Crippen MR) is 75.1 cm³/mol. The van der Waals surface area contributed by atoms with Crippen LogP contribution in [0.3, 0.4) is 0 Å². The van der Waals surface area contributed by atoms with Crippen LogP contribution >= 0.6 is 0 Å². The first-order valence-corrected chi connectivity index (χ1v) is 6.49. The number of hydrogen-bond acceptors (Lipinski definition) is 2. The van der Waals surface area contributed by atoms with E-state index < -0.39 is 0 Å². The summed E-state index contributed by atoms with van der Waals surface area (Å²) in [6.07, 6.45) is 5.24. The van der Waals surface area contributed by atoms with E-state index in [1.165, 1.54) is 19.3 Å². The molecule has 1 fully saturated rings. The fourth-order valence-electron chi connectivity index (χ4n) is 2.07. The summed E-state index contributed by atoms with van der Waals surface area (Å²) in [5.41, 5.74) is 6.71. The van der Waals surface area contributed by atoms with Gasteiger partial charge in [-0.2, -0.15) is 0 Å². The summed E-state index contributed by atoms with van der Waals surface area (Å²) >= 11 is 0. The van der Waals surface area contributed by atoms with Crippen LogP contribution in [0.15, 0.2) is 29.3 Å². The smallest absolute Gasteiger partial charge is 0.193 e. The van der Waals surface area contributed by atoms with Gasteiger partial charge in [-0.1, -0.05) is 31.4 Å². The lowest BCUT2D eigenvalue weighted by molar-refractivity contribution is 0.300. The average Bonchev–Trinajstić information content (AvgIpc) is 2.33. The highest BCUT2D eigenvalue weighted by Crippen LogP contribution is 2.29. The Labute approximate surface area is 108 Å². The number of nitrogens with one attached hydrogen (secondary N) is 1. The predicted octanol–water partition coefficient (Wildman–Crippen LogP) is 2.61. The summed E-state index contributed by atoms with van der Waals surface area (Å²) < 4.78 is 5.24. The molecule has 0 amide bonds. The van der Waals surface area contributed by atoms with E-state index in [1.807, 2.05) is 24.3 Å². The van der Waals surface area contributed by atoms with Crippen LogP contribution in [0.5, 0.6) is 5.75 Å². The number of hydrogen-bond donors (Lipinski definition) is 2. The summed E-state index contributed by atoms with van der Waals surface area (Å²) in [4.78, 5) is 4.34. The van der Waals surface area contributed by atoms with Crippen molar-refractivity contribution in [1.29, 1.82) is 0 Å². The van der Waals surface area contributed by atoms with Gasteiger partial charge in [0.25, 0.3) is 0 Å². The van der Waals surface area contributed by atoms with Gasteiger partial charge < -0.3 is 15.8 Å². The second-order valence-corrected chi connectivity index (χ2v) is 4.68. The molecule has 4 heteroatoms. The number of para-hydroxylation sites is 2. The first-order chi connectivity index (χ1) is 8.79. The Balaban J connectivity index is 1.84. The number of nitrogens with two attached hydrogens (primary N) is 1. The van der Waals surface area contributed by atoms with Crippen LogP contribution in [0.2, 0.25) is 0 Å². The maximum atomic E-state index is 5.86. The summed E-state index contributed by atoms with van der Waals surface area (Å²) in [7, 11) is 1.64. The minimum absolute atomic E-state index is 0.457. The zero-order valence-electron chi connectivity index (χ0n) is 10.9. The number of guanidine groups is 1. The molecule has 0 radical (unpaired) electrons. The number of nitrogens with zero attached hydrogens (tertiary/aromatic N) is 1. The van der Waals surface area contributed by atoms with Crippen molar-refractivity contribution in [2.75, 3.05) is 19.0 Å². The molecule has 0 bridgehead atoms. The second-order valence-electron chi connectivity index (χ2n) is 4.68. The Morgan fingerprint density at radius 2 is 2.22 bits per heavy atom. The Morgan fingerprint density at radius 1 is 1.44 bits per heavy atom. The van der Waals surface area contributed by atoms with Gasteiger partial charge in [0.05, 0.1) is 12.8 Å². The standard InChI is InChI=1S/C14H21N3O/c1-18-13-8-3-2-7-12(13)17-14(15)16-10-9-11-5-4-6-11/h2-3,7-8,11H,4-6,9-10H2,1H3,(H3,15,16,17). The summed E-state index contributed by atoms with van der Waals surface area (Å²) in [6.45, 7) is 0.804. The van der Waals surface area contributed by atoms with Crippen LogP contribution in [-0.4, -0.2) is 19.6 Å². The quantitative estimate of drug-likeness (QED) is 0.621. The third-order valence-corrected chi connectivity index (χ3v) is 3.41. The molecule has 4 nitrogen and oxygen atoms in total. The zero-order chi connectivity index (χ0) is 12.8. The van der Waals surface area contributed by atoms with Crippen LogP contribution in [0.25, 0.3) is 0 Å². The number of benzene rings is 1. The lowest BCUT2D eigenvalue weighted by Gasteiger charge is -2.24. The molecule has 0 unspecified atom stereocenters. The summed E-state index contributed by atoms with van der Waals surface area (Å²) in [5, 5.41) is 3.07. The molecule has 18 heavy (non-hydrogen) atoms. The van der Waals surface area contributed by atoms with E-state index in [9.17, 15) is 0 Å². The normalized spacial score (nSPS) is 16.2. The van der Waals surface area contributed by atoms with Crippen LogP contribution in [-0.2, 0) is 0 Å². The maximum absolute atomic E-state index is 5.86. The molecule has 0 saturated heterocycles.